The van der Waals surface area contributed by atoms with Gasteiger partial charge in [-0.25, -0.2) is 0 Å². The van der Waals surface area contributed by atoms with Gasteiger partial charge < -0.3 is 14.2 Å². The number of hydrogen-bond acceptors (Lipinski definition) is 5. The van der Waals surface area contributed by atoms with Crippen LogP contribution in [0.2, 0.25) is 0 Å². The Morgan fingerprint density at radius 1 is 0.958 bits per heavy atom. The molecule has 2 rings (SSSR count). The molecule has 1 heterocycles. The monoisotopic (exact) mass is 334 g/mol. The maximum Gasteiger partial charge on any atom is 0.326 e. The Hall–Kier alpha value is -2.04. The molecule has 0 unspecified atom stereocenters. The van der Waals surface area contributed by atoms with Crippen molar-refractivity contribution in [3.63, 3.8) is 0 Å². The van der Waals surface area contributed by atoms with Gasteiger partial charge in [0.2, 0.25) is 0 Å². The van der Waals surface area contributed by atoms with Crippen LogP contribution in [0.25, 0.3) is 0 Å². The number of hydrogen-bond donors (Lipinski definition) is 0. The Morgan fingerprint density at radius 2 is 1.42 bits per heavy atom. The molecule has 5 nitrogen and oxygen atoms in total. The molecule has 1 aliphatic heterocycles. The zero-order chi connectivity index (χ0) is 17.9. The Bertz CT molecular complexity index is 558. The molecule has 5 heteroatoms. The van der Waals surface area contributed by atoms with Crippen molar-refractivity contribution in [3.05, 3.63) is 29.8 Å². The van der Waals surface area contributed by atoms with E-state index in [-0.39, 0.29) is 11.8 Å². The van der Waals surface area contributed by atoms with Crippen LogP contribution < -0.4 is 4.74 Å². The van der Waals surface area contributed by atoms with Crippen molar-refractivity contribution in [2.75, 3.05) is 7.11 Å². The second-order valence-electron chi connectivity index (χ2n) is 7.19. The first-order valence-corrected chi connectivity index (χ1v) is 8.34. The zero-order valence-electron chi connectivity index (χ0n) is 15.0. The first-order chi connectivity index (χ1) is 11.3. The van der Waals surface area contributed by atoms with Gasteiger partial charge in [-0.3, -0.25) is 9.59 Å². The van der Waals surface area contributed by atoms with Crippen LogP contribution in [-0.2, 0) is 19.1 Å². The molecule has 0 spiro atoms. The summed E-state index contributed by atoms with van der Waals surface area (Å²) in [6, 6.07) is 6.92. The Morgan fingerprint density at radius 3 is 1.79 bits per heavy atom. The predicted octanol–water partition coefficient (Wildman–Crippen LogP) is 3.87. The van der Waals surface area contributed by atoms with Crippen LogP contribution in [0, 0.1) is 17.3 Å². The maximum absolute atomic E-state index is 12.8. The van der Waals surface area contributed by atoms with E-state index in [1.54, 1.807) is 31.4 Å². The van der Waals surface area contributed by atoms with Gasteiger partial charge in [0.05, 0.1) is 7.11 Å². The molecule has 1 fully saturated rings. The fourth-order valence-corrected chi connectivity index (χ4v) is 3.24. The highest BCUT2D eigenvalue weighted by atomic mass is 16.7. The van der Waals surface area contributed by atoms with Gasteiger partial charge in [0.15, 0.2) is 5.41 Å². The van der Waals surface area contributed by atoms with Crippen molar-refractivity contribution < 1.29 is 23.8 Å². The second kappa shape index (κ2) is 7.24. The smallest absolute Gasteiger partial charge is 0.326 e. The van der Waals surface area contributed by atoms with Gasteiger partial charge in [-0.1, -0.05) is 27.7 Å². The van der Waals surface area contributed by atoms with Crippen molar-refractivity contribution in [3.8, 4) is 5.75 Å². The number of ether oxygens (including phenoxy) is 3. The molecule has 132 valence electrons. The average molecular weight is 334 g/mol. The molecule has 24 heavy (non-hydrogen) atoms. The minimum Gasteiger partial charge on any atom is -0.497 e. The molecule has 0 atom stereocenters. The fourth-order valence-electron chi connectivity index (χ4n) is 3.24. The van der Waals surface area contributed by atoms with E-state index in [0.29, 0.717) is 24.2 Å². The van der Waals surface area contributed by atoms with Gasteiger partial charge in [-0.15, -0.1) is 0 Å². The third-order valence-corrected chi connectivity index (χ3v) is 4.11. The summed E-state index contributed by atoms with van der Waals surface area (Å²) >= 11 is 0. The van der Waals surface area contributed by atoms with Crippen molar-refractivity contribution in [1.82, 2.24) is 0 Å². The van der Waals surface area contributed by atoms with Gasteiger partial charge in [0, 0.05) is 5.56 Å². The predicted molar refractivity (Wildman–Crippen MR) is 89.3 cm³/mol. The first-order valence-electron chi connectivity index (χ1n) is 8.34. The average Bonchev–Trinajstić information content (AvgIpc) is 2.51. The van der Waals surface area contributed by atoms with Gasteiger partial charge in [0.25, 0.3) is 6.29 Å². The van der Waals surface area contributed by atoms with E-state index in [9.17, 15) is 9.59 Å². The first kappa shape index (κ1) is 18.3. The highest BCUT2D eigenvalue weighted by Crippen LogP contribution is 2.43. The molecule has 1 aromatic rings. The number of methoxy groups -OCH3 is 1. The molecule has 0 bridgehead atoms. The van der Waals surface area contributed by atoms with Crippen molar-refractivity contribution in [1.29, 1.82) is 0 Å². The van der Waals surface area contributed by atoms with Gasteiger partial charge in [-0.05, 0) is 48.9 Å². The van der Waals surface area contributed by atoms with Gasteiger partial charge in [0.1, 0.15) is 5.75 Å². The van der Waals surface area contributed by atoms with Gasteiger partial charge in [-0.2, -0.15) is 0 Å². The molecule has 1 aromatic carbocycles. The molecule has 1 aliphatic rings. The largest absolute Gasteiger partial charge is 0.497 e. The molecule has 0 amide bonds. The summed E-state index contributed by atoms with van der Waals surface area (Å²) in [7, 11) is 1.57. The minimum absolute atomic E-state index is 0.182. The van der Waals surface area contributed by atoms with Crippen LogP contribution in [0.1, 0.15) is 52.4 Å². The molecule has 0 N–H and O–H groups in total. The summed E-state index contributed by atoms with van der Waals surface area (Å²) in [6.07, 6.45) is -0.139. The number of benzene rings is 1. The molecule has 1 saturated heterocycles. The lowest BCUT2D eigenvalue weighted by atomic mass is 9.73. The van der Waals surface area contributed by atoms with Crippen molar-refractivity contribution >= 4 is 11.9 Å². The van der Waals surface area contributed by atoms with E-state index >= 15 is 0 Å². The standard InChI is InChI=1S/C19H26O5/c1-12(2)10-19(11-13(3)4)17(20)23-16(24-18(19)21)14-6-8-15(22-5)9-7-14/h6-9,12-13,16H,10-11H2,1-5H3. The van der Waals surface area contributed by atoms with E-state index in [1.807, 2.05) is 27.7 Å². The van der Waals surface area contributed by atoms with E-state index in [2.05, 4.69) is 0 Å². The minimum atomic E-state index is -1.20. The third-order valence-electron chi connectivity index (χ3n) is 4.11. The summed E-state index contributed by atoms with van der Waals surface area (Å²) in [4.78, 5) is 25.5. The summed E-state index contributed by atoms with van der Waals surface area (Å²) in [5.41, 5.74) is -0.592. The lowest BCUT2D eigenvalue weighted by Crippen LogP contribution is -2.49. The molecule has 0 saturated carbocycles. The number of esters is 2. The number of cyclic esters (lactones) is 2. The summed E-state index contributed by atoms with van der Waals surface area (Å²) in [5.74, 6) is 0.0767. The Labute approximate surface area is 143 Å². The normalized spacial score (nSPS) is 17.8. The summed E-state index contributed by atoms with van der Waals surface area (Å²) in [5, 5.41) is 0. The third kappa shape index (κ3) is 3.71. The number of carbonyl (C=O) groups is 2. The Kier molecular flexibility index (Phi) is 5.52. The quantitative estimate of drug-likeness (QED) is 0.584. The molecular formula is C19H26O5. The van der Waals surface area contributed by atoms with E-state index in [0.717, 1.165) is 0 Å². The molecule has 0 radical (unpaired) electrons. The Balaban J connectivity index is 2.25. The van der Waals surface area contributed by atoms with Crippen molar-refractivity contribution in [2.24, 2.45) is 17.3 Å². The second-order valence-corrected chi connectivity index (χ2v) is 7.19. The molecule has 0 aliphatic carbocycles. The summed E-state index contributed by atoms with van der Waals surface area (Å²) in [6.45, 7) is 7.94. The maximum atomic E-state index is 12.8. The highest BCUT2D eigenvalue weighted by Gasteiger charge is 2.54. The topological polar surface area (TPSA) is 61.8 Å². The van der Waals surface area contributed by atoms with Crippen LogP contribution in [-0.4, -0.2) is 19.0 Å². The van der Waals surface area contributed by atoms with E-state index < -0.39 is 23.6 Å². The molecular weight excluding hydrogens is 308 g/mol. The van der Waals surface area contributed by atoms with Crippen LogP contribution in [0.15, 0.2) is 24.3 Å². The number of rotatable bonds is 6. The highest BCUT2D eigenvalue weighted by molar-refractivity contribution is 6.01. The van der Waals surface area contributed by atoms with Crippen LogP contribution in [0.4, 0.5) is 0 Å². The molecule has 0 aromatic heterocycles. The van der Waals surface area contributed by atoms with Crippen LogP contribution in [0.3, 0.4) is 0 Å². The zero-order valence-corrected chi connectivity index (χ0v) is 15.0. The van der Waals surface area contributed by atoms with Crippen molar-refractivity contribution in [2.45, 2.75) is 46.8 Å². The SMILES string of the molecule is COc1ccc(C2OC(=O)C(CC(C)C)(CC(C)C)C(=O)O2)cc1. The van der Waals surface area contributed by atoms with E-state index in [4.69, 9.17) is 14.2 Å². The summed E-state index contributed by atoms with van der Waals surface area (Å²) < 4.78 is 16.1. The van der Waals surface area contributed by atoms with Gasteiger partial charge >= 0.3 is 11.9 Å². The van der Waals surface area contributed by atoms with Crippen LogP contribution in [0.5, 0.6) is 5.75 Å². The van der Waals surface area contributed by atoms with Crippen LogP contribution >= 0.6 is 0 Å². The van der Waals surface area contributed by atoms with E-state index in [1.165, 1.54) is 0 Å². The number of carbonyl (C=O) groups excluding carboxylic acids is 2. The lowest BCUT2D eigenvalue weighted by Gasteiger charge is -2.38. The lowest BCUT2D eigenvalue weighted by molar-refractivity contribution is -0.228. The fraction of sp³-hybridized carbons (Fsp3) is 0.579.